The highest BCUT2D eigenvalue weighted by molar-refractivity contribution is 6.33. The van der Waals surface area contributed by atoms with Gasteiger partial charge >= 0.3 is 0 Å². The smallest absolute Gasteiger partial charge is 0.0762 e. The molecule has 0 aromatic heterocycles. The molecule has 0 aliphatic carbocycles. The van der Waals surface area contributed by atoms with Crippen LogP contribution in [0.3, 0.4) is 0 Å². The van der Waals surface area contributed by atoms with Crippen LogP contribution in [0.5, 0.6) is 0 Å². The number of aliphatic hydroxyl groups excluding tert-OH is 1. The van der Waals surface area contributed by atoms with E-state index in [1.165, 1.54) is 0 Å². The van der Waals surface area contributed by atoms with Gasteiger partial charge in [0.05, 0.1) is 29.0 Å². The summed E-state index contributed by atoms with van der Waals surface area (Å²) in [5.74, 6) is 0. The van der Waals surface area contributed by atoms with Gasteiger partial charge < -0.3 is 14.7 Å². The van der Waals surface area contributed by atoms with Gasteiger partial charge in [0.25, 0.3) is 0 Å². The van der Waals surface area contributed by atoms with E-state index in [1.807, 2.05) is 18.2 Å². The van der Waals surface area contributed by atoms with E-state index >= 15 is 0 Å². The van der Waals surface area contributed by atoms with Crippen LogP contribution in [0.1, 0.15) is 32.4 Å². The molecular weight excluding hydrogens is 250 g/mol. The van der Waals surface area contributed by atoms with Gasteiger partial charge in [-0.15, -0.1) is 0 Å². The summed E-state index contributed by atoms with van der Waals surface area (Å²) >= 11 is 6.31. The maximum atomic E-state index is 9.54. The van der Waals surface area contributed by atoms with E-state index in [4.69, 9.17) is 16.3 Å². The van der Waals surface area contributed by atoms with Crippen LogP contribution in [0.4, 0.5) is 5.69 Å². The SMILES string of the molecule is CC(O)c1ccc(N2C[C@@H](C)O[C@@H](C)C2)c(Cl)c1. The Morgan fingerprint density at radius 3 is 2.44 bits per heavy atom. The highest BCUT2D eigenvalue weighted by Gasteiger charge is 2.23. The second kappa shape index (κ2) is 5.47. The molecule has 1 heterocycles. The fourth-order valence-electron chi connectivity index (χ4n) is 2.41. The highest BCUT2D eigenvalue weighted by Crippen LogP contribution is 2.30. The van der Waals surface area contributed by atoms with Crippen molar-refractivity contribution < 1.29 is 9.84 Å². The van der Waals surface area contributed by atoms with Crippen molar-refractivity contribution in [2.75, 3.05) is 18.0 Å². The molecule has 1 unspecified atom stereocenters. The molecular formula is C14H20ClNO2. The summed E-state index contributed by atoms with van der Waals surface area (Å²) in [5, 5.41) is 10.2. The van der Waals surface area contributed by atoms with Crippen LogP contribution in [0, 0.1) is 0 Å². The molecule has 1 aliphatic heterocycles. The number of ether oxygens (including phenoxy) is 1. The number of hydrogen-bond acceptors (Lipinski definition) is 3. The number of rotatable bonds is 2. The zero-order valence-electron chi connectivity index (χ0n) is 11.1. The molecule has 2 rings (SSSR count). The van der Waals surface area contributed by atoms with E-state index in [0.29, 0.717) is 5.02 Å². The fraction of sp³-hybridized carbons (Fsp3) is 0.571. The average molecular weight is 270 g/mol. The first-order valence-electron chi connectivity index (χ1n) is 6.35. The van der Waals surface area contributed by atoms with Crippen LogP contribution in [-0.2, 0) is 4.74 Å². The number of halogens is 1. The van der Waals surface area contributed by atoms with E-state index < -0.39 is 6.10 Å². The summed E-state index contributed by atoms with van der Waals surface area (Å²) in [6.45, 7) is 7.57. The molecule has 0 spiro atoms. The number of nitrogens with zero attached hydrogens (tertiary/aromatic N) is 1. The number of morpholine rings is 1. The Bertz CT molecular complexity index is 412. The summed E-state index contributed by atoms with van der Waals surface area (Å²) in [4.78, 5) is 2.24. The van der Waals surface area contributed by atoms with Crippen LogP contribution in [0.2, 0.25) is 5.02 Å². The molecule has 100 valence electrons. The van der Waals surface area contributed by atoms with Gasteiger partial charge in [0.15, 0.2) is 0 Å². The molecule has 1 fully saturated rings. The predicted molar refractivity (Wildman–Crippen MR) is 74.3 cm³/mol. The minimum atomic E-state index is -0.487. The first-order valence-corrected chi connectivity index (χ1v) is 6.73. The van der Waals surface area contributed by atoms with Gasteiger partial charge in [-0.1, -0.05) is 17.7 Å². The van der Waals surface area contributed by atoms with Crippen molar-refractivity contribution in [1.29, 1.82) is 0 Å². The van der Waals surface area contributed by atoms with Crippen molar-refractivity contribution in [2.45, 2.75) is 39.1 Å². The molecule has 0 radical (unpaired) electrons. The monoisotopic (exact) mass is 269 g/mol. The summed E-state index contributed by atoms with van der Waals surface area (Å²) in [5.41, 5.74) is 1.86. The molecule has 0 bridgehead atoms. The topological polar surface area (TPSA) is 32.7 Å². The Morgan fingerprint density at radius 1 is 1.33 bits per heavy atom. The Morgan fingerprint density at radius 2 is 1.94 bits per heavy atom. The van der Waals surface area contributed by atoms with Gasteiger partial charge in [0.2, 0.25) is 0 Å². The Kier molecular flexibility index (Phi) is 4.15. The van der Waals surface area contributed by atoms with Crippen LogP contribution in [0.15, 0.2) is 18.2 Å². The maximum Gasteiger partial charge on any atom is 0.0762 e. The summed E-state index contributed by atoms with van der Waals surface area (Å²) in [6, 6.07) is 5.75. The third-order valence-corrected chi connectivity index (χ3v) is 3.52. The molecule has 0 amide bonds. The van der Waals surface area contributed by atoms with E-state index in [1.54, 1.807) is 6.92 Å². The first-order chi connectivity index (χ1) is 8.47. The summed E-state index contributed by atoms with van der Waals surface area (Å²) in [7, 11) is 0. The molecule has 4 heteroatoms. The molecule has 1 saturated heterocycles. The van der Waals surface area contributed by atoms with Gasteiger partial charge in [0.1, 0.15) is 0 Å². The Balaban J connectivity index is 2.22. The first kappa shape index (κ1) is 13.7. The normalized spacial score (nSPS) is 26.2. The van der Waals surface area contributed by atoms with Gasteiger partial charge in [-0.25, -0.2) is 0 Å². The lowest BCUT2D eigenvalue weighted by molar-refractivity contribution is -0.00521. The minimum absolute atomic E-state index is 0.209. The van der Waals surface area contributed by atoms with Gasteiger partial charge in [-0.2, -0.15) is 0 Å². The third-order valence-electron chi connectivity index (χ3n) is 3.21. The van der Waals surface area contributed by atoms with Crippen molar-refractivity contribution in [2.24, 2.45) is 0 Å². The molecule has 1 aromatic carbocycles. The quantitative estimate of drug-likeness (QED) is 0.896. The van der Waals surface area contributed by atoms with E-state index in [9.17, 15) is 5.11 Å². The van der Waals surface area contributed by atoms with Crippen molar-refractivity contribution in [1.82, 2.24) is 0 Å². The number of hydrogen-bond donors (Lipinski definition) is 1. The molecule has 3 nitrogen and oxygen atoms in total. The molecule has 1 aromatic rings. The standard InChI is InChI=1S/C14H20ClNO2/c1-9-7-16(8-10(2)18-9)14-5-4-12(11(3)17)6-13(14)15/h4-6,9-11,17H,7-8H2,1-3H3/t9-,10+,11?. The highest BCUT2D eigenvalue weighted by atomic mass is 35.5. The van der Waals surface area contributed by atoms with Crippen LogP contribution >= 0.6 is 11.6 Å². The van der Waals surface area contributed by atoms with Crippen LogP contribution in [0.25, 0.3) is 0 Å². The third kappa shape index (κ3) is 2.97. The van der Waals surface area contributed by atoms with E-state index in [2.05, 4.69) is 18.7 Å². The van der Waals surface area contributed by atoms with Crippen molar-refractivity contribution in [3.8, 4) is 0 Å². The molecule has 1 N–H and O–H groups in total. The van der Waals surface area contributed by atoms with Crippen molar-refractivity contribution in [3.63, 3.8) is 0 Å². The average Bonchev–Trinajstić information content (AvgIpc) is 2.27. The predicted octanol–water partition coefficient (Wildman–Crippen LogP) is 3.01. The molecule has 3 atom stereocenters. The number of anilines is 1. The Hall–Kier alpha value is -0.770. The lowest BCUT2D eigenvalue weighted by Crippen LogP contribution is -2.45. The van der Waals surface area contributed by atoms with Gasteiger partial charge in [-0.05, 0) is 38.5 Å². The van der Waals surface area contributed by atoms with Gasteiger partial charge in [-0.3, -0.25) is 0 Å². The zero-order valence-corrected chi connectivity index (χ0v) is 11.8. The van der Waals surface area contributed by atoms with Crippen LogP contribution in [-0.4, -0.2) is 30.4 Å². The fourth-order valence-corrected chi connectivity index (χ4v) is 2.72. The number of aliphatic hydroxyl groups is 1. The lowest BCUT2D eigenvalue weighted by atomic mass is 10.1. The largest absolute Gasteiger partial charge is 0.389 e. The van der Waals surface area contributed by atoms with E-state index in [0.717, 1.165) is 24.3 Å². The second-order valence-corrected chi connectivity index (χ2v) is 5.46. The van der Waals surface area contributed by atoms with Crippen molar-refractivity contribution >= 4 is 17.3 Å². The van der Waals surface area contributed by atoms with Gasteiger partial charge in [0, 0.05) is 13.1 Å². The van der Waals surface area contributed by atoms with Crippen molar-refractivity contribution in [3.05, 3.63) is 28.8 Å². The Labute approximate surface area is 113 Å². The minimum Gasteiger partial charge on any atom is -0.389 e. The molecule has 18 heavy (non-hydrogen) atoms. The lowest BCUT2D eigenvalue weighted by Gasteiger charge is -2.37. The number of benzene rings is 1. The van der Waals surface area contributed by atoms with Crippen LogP contribution < -0.4 is 4.90 Å². The maximum absolute atomic E-state index is 9.54. The molecule has 1 aliphatic rings. The zero-order chi connectivity index (χ0) is 13.3. The summed E-state index contributed by atoms with van der Waals surface area (Å²) in [6.07, 6.45) is -0.0680. The molecule has 0 saturated carbocycles. The second-order valence-electron chi connectivity index (χ2n) is 5.05. The summed E-state index contributed by atoms with van der Waals surface area (Å²) < 4.78 is 5.71. The van der Waals surface area contributed by atoms with E-state index in [-0.39, 0.29) is 12.2 Å².